The number of carbonyl (C=O) groups is 3. The fraction of sp³-hybridized carbons (Fsp3) is 0.531. The maximum Gasteiger partial charge on any atom is 0.306 e. The molecule has 1 heterocycles. The summed E-state index contributed by atoms with van der Waals surface area (Å²) in [6, 6.07) is 8.40. The maximum absolute atomic E-state index is 13.0. The molecule has 6 rings (SSSR count). The Labute approximate surface area is 218 Å². The molecule has 0 bridgehead atoms. The van der Waals surface area contributed by atoms with Crippen molar-refractivity contribution in [1.29, 1.82) is 0 Å². The standard InChI is InChI=1S/C32H37NO4/c1-19(34)26-8-9-27-24-7-6-22-17-23(35)18-29(31(22)25(24)12-14-32(26,27)2)37-30(36)11-5-20-4-10-28-21(16-20)13-15-33(28)3/h4,10,13,15-17,24,26-27,29H,5-9,11-12,14,18H2,1-3H3/t24-,26-,27+,29?,32-/m1/s1. The Balaban J connectivity index is 1.21. The Hall–Kier alpha value is -2.95. The van der Waals surface area contributed by atoms with Gasteiger partial charge in [0.15, 0.2) is 5.78 Å². The number of rotatable bonds is 5. The third kappa shape index (κ3) is 4.11. The van der Waals surface area contributed by atoms with Gasteiger partial charge in [-0.25, -0.2) is 0 Å². The molecule has 37 heavy (non-hydrogen) atoms. The first-order valence-corrected chi connectivity index (χ1v) is 13.9. The lowest BCUT2D eigenvalue weighted by Gasteiger charge is -2.49. The van der Waals surface area contributed by atoms with Gasteiger partial charge in [0.2, 0.25) is 0 Å². The number of carbonyl (C=O) groups excluding carboxylic acids is 3. The maximum atomic E-state index is 13.0. The second-order valence-corrected chi connectivity index (χ2v) is 12.1. The van der Waals surface area contributed by atoms with Gasteiger partial charge >= 0.3 is 5.97 Å². The lowest BCUT2D eigenvalue weighted by atomic mass is 9.55. The van der Waals surface area contributed by atoms with Crippen LogP contribution in [0.1, 0.15) is 70.8 Å². The zero-order valence-electron chi connectivity index (χ0n) is 22.2. The van der Waals surface area contributed by atoms with E-state index in [0.717, 1.165) is 55.2 Å². The molecule has 5 nitrogen and oxygen atoms in total. The lowest BCUT2D eigenvalue weighted by molar-refractivity contribution is -0.148. The SMILES string of the molecule is CC(=O)[C@H]1CC[C@H]2[C@@H]3CCC4=CC(=O)CC(OC(=O)CCc5ccc6c(ccn6C)c5)C4=C3CC[C@]12C. The van der Waals surface area contributed by atoms with Crippen molar-refractivity contribution < 1.29 is 19.1 Å². The number of benzene rings is 1. The van der Waals surface area contributed by atoms with Gasteiger partial charge in [0.05, 0.1) is 6.42 Å². The molecule has 0 N–H and O–H groups in total. The van der Waals surface area contributed by atoms with Crippen LogP contribution < -0.4 is 0 Å². The van der Waals surface area contributed by atoms with E-state index in [4.69, 9.17) is 4.74 Å². The molecular weight excluding hydrogens is 462 g/mol. The first-order valence-electron chi connectivity index (χ1n) is 13.9. The molecule has 0 radical (unpaired) electrons. The predicted octanol–water partition coefficient (Wildman–Crippen LogP) is 6.04. The topological polar surface area (TPSA) is 65.4 Å². The molecule has 2 saturated carbocycles. The van der Waals surface area contributed by atoms with E-state index in [0.29, 0.717) is 30.5 Å². The molecule has 4 aliphatic carbocycles. The number of nitrogens with zero attached hydrogens (tertiary/aromatic N) is 1. The monoisotopic (exact) mass is 499 g/mol. The van der Waals surface area contributed by atoms with Gasteiger partial charge in [-0.2, -0.15) is 0 Å². The number of Topliss-reactive ketones (excluding diaryl/α,β-unsaturated/α-hetero) is 1. The Morgan fingerprint density at radius 3 is 2.78 bits per heavy atom. The fourth-order valence-electron chi connectivity index (χ4n) is 8.30. The number of allylic oxidation sites excluding steroid dienone is 2. The minimum atomic E-state index is -0.469. The van der Waals surface area contributed by atoms with Crippen LogP contribution in [-0.4, -0.2) is 28.2 Å². The predicted molar refractivity (Wildman–Crippen MR) is 143 cm³/mol. The second kappa shape index (κ2) is 9.11. The van der Waals surface area contributed by atoms with Gasteiger partial charge in [-0.1, -0.05) is 18.6 Å². The van der Waals surface area contributed by atoms with Crippen LogP contribution in [0.15, 0.2) is 53.3 Å². The van der Waals surface area contributed by atoms with E-state index in [2.05, 4.69) is 35.8 Å². The molecule has 2 aromatic rings. The third-order valence-electron chi connectivity index (χ3n) is 10.1. The molecule has 0 aliphatic heterocycles. The van der Waals surface area contributed by atoms with Crippen molar-refractivity contribution >= 4 is 28.4 Å². The molecule has 0 amide bonds. The van der Waals surface area contributed by atoms with Crippen molar-refractivity contribution in [2.24, 2.45) is 30.2 Å². The number of esters is 1. The number of fused-ring (bicyclic) bond motifs is 5. The van der Waals surface area contributed by atoms with E-state index >= 15 is 0 Å². The van der Waals surface area contributed by atoms with Crippen molar-refractivity contribution in [3.63, 3.8) is 0 Å². The van der Waals surface area contributed by atoms with Crippen LogP contribution in [0.25, 0.3) is 10.9 Å². The molecule has 5 heteroatoms. The second-order valence-electron chi connectivity index (χ2n) is 12.1. The lowest BCUT2D eigenvalue weighted by Crippen LogP contribution is -2.43. The highest BCUT2D eigenvalue weighted by molar-refractivity contribution is 5.94. The van der Waals surface area contributed by atoms with E-state index in [1.165, 1.54) is 16.5 Å². The number of ketones is 2. The number of aryl methyl sites for hydroxylation is 2. The zero-order chi connectivity index (χ0) is 25.9. The molecule has 0 spiro atoms. The van der Waals surface area contributed by atoms with Crippen molar-refractivity contribution in [3.05, 3.63) is 58.8 Å². The van der Waals surface area contributed by atoms with Gasteiger partial charge in [0.1, 0.15) is 11.9 Å². The number of ether oxygens (including phenoxy) is 1. The summed E-state index contributed by atoms with van der Waals surface area (Å²) in [5.74, 6) is 1.25. The summed E-state index contributed by atoms with van der Waals surface area (Å²) in [4.78, 5) is 38.0. The molecule has 5 atom stereocenters. The fourth-order valence-corrected chi connectivity index (χ4v) is 8.30. The minimum Gasteiger partial charge on any atom is -0.457 e. The highest BCUT2D eigenvalue weighted by Crippen LogP contribution is 2.62. The van der Waals surface area contributed by atoms with Crippen LogP contribution in [0.2, 0.25) is 0 Å². The summed E-state index contributed by atoms with van der Waals surface area (Å²) >= 11 is 0. The Bertz CT molecular complexity index is 1360. The van der Waals surface area contributed by atoms with Crippen molar-refractivity contribution in [2.75, 3.05) is 0 Å². The molecule has 1 unspecified atom stereocenters. The summed E-state index contributed by atoms with van der Waals surface area (Å²) < 4.78 is 8.16. The van der Waals surface area contributed by atoms with Crippen LogP contribution in [0.5, 0.6) is 0 Å². The summed E-state index contributed by atoms with van der Waals surface area (Å²) in [6.45, 7) is 4.09. The summed E-state index contributed by atoms with van der Waals surface area (Å²) in [6.07, 6.45) is 10.5. The average Bonchev–Trinajstić information content (AvgIpc) is 3.41. The van der Waals surface area contributed by atoms with Gasteiger partial charge in [-0.3, -0.25) is 14.4 Å². The largest absolute Gasteiger partial charge is 0.457 e. The zero-order valence-corrected chi connectivity index (χ0v) is 22.2. The van der Waals surface area contributed by atoms with Gasteiger partial charge in [0.25, 0.3) is 0 Å². The van der Waals surface area contributed by atoms with Crippen LogP contribution >= 0.6 is 0 Å². The van der Waals surface area contributed by atoms with Crippen LogP contribution in [0.4, 0.5) is 0 Å². The first kappa shape index (κ1) is 24.4. The van der Waals surface area contributed by atoms with Crippen LogP contribution in [0.3, 0.4) is 0 Å². The van der Waals surface area contributed by atoms with E-state index in [1.54, 1.807) is 13.0 Å². The van der Waals surface area contributed by atoms with Gasteiger partial charge in [-0.05, 0) is 115 Å². The molecule has 4 aliphatic rings. The van der Waals surface area contributed by atoms with Crippen molar-refractivity contribution in [2.45, 2.75) is 77.7 Å². The molecular formula is C32H37NO4. The van der Waals surface area contributed by atoms with Gasteiger partial charge in [-0.15, -0.1) is 0 Å². The molecule has 194 valence electrons. The highest BCUT2D eigenvalue weighted by atomic mass is 16.5. The Kier molecular flexibility index (Phi) is 6.00. The summed E-state index contributed by atoms with van der Waals surface area (Å²) in [5.41, 5.74) is 5.99. The van der Waals surface area contributed by atoms with Crippen molar-refractivity contribution in [3.8, 4) is 0 Å². The Morgan fingerprint density at radius 1 is 1.14 bits per heavy atom. The summed E-state index contributed by atoms with van der Waals surface area (Å²) in [5, 5.41) is 1.17. The van der Waals surface area contributed by atoms with Gasteiger partial charge in [0, 0.05) is 31.1 Å². The third-order valence-corrected chi connectivity index (χ3v) is 10.1. The van der Waals surface area contributed by atoms with E-state index in [1.807, 2.05) is 13.2 Å². The van der Waals surface area contributed by atoms with Crippen molar-refractivity contribution in [1.82, 2.24) is 4.57 Å². The minimum absolute atomic E-state index is 0.0586. The Morgan fingerprint density at radius 2 is 1.97 bits per heavy atom. The van der Waals surface area contributed by atoms with Crippen LogP contribution in [0, 0.1) is 23.2 Å². The first-order chi connectivity index (χ1) is 17.7. The number of aromatic nitrogens is 1. The van der Waals surface area contributed by atoms with E-state index < -0.39 is 6.10 Å². The molecule has 1 aromatic heterocycles. The smallest absolute Gasteiger partial charge is 0.306 e. The molecule has 1 aromatic carbocycles. The van der Waals surface area contributed by atoms with E-state index in [-0.39, 0.29) is 29.5 Å². The van der Waals surface area contributed by atoms with Gasteiger partial charge < -0.3 is 9.30 Å². The summed E-state index contributed by atoms with van der Waals surface area (Å²) in [7, 11) is 2.03. The molecule has 0 saturated heterocycles. The normalized spacial score (nSPS) is 31.0. The average molecular weight is 500 g/mol. The van der Waals surface area contributed by atoms with E-state index in [9.17, 15) is 14.4 Å². The highest BCUT2D eigenvalue weighted by Gasteiger charge is 2.55. The number of hydrogen-bond donors (Lipinski definition) is 0. The quantitative estimate of drug-likeness (QED) is 0.470. The molecule has 2 fully saturated rings. The number of hydrogen-bond acceptors (Lipinski definition) is 4. The van der Waals surface area contributed by atoms with Crippen LogP contribution in [-0.2, 0) is 32.6 Å².